The number of nitrogens with zero attached hydrogens (tertiary/aromatic N) is 1. The molecule has 0 radical (unpaired) electrons. The predicted octanol–water partition coefficient (Wildman–Crippen LogP) is 1.34. The van der Waals surface area contributed by atoms with E-state index in [9.17, 15) is 23.1 Å². The molecule has 2 aromatic rings. The number of carboxylic acids is 1. The number of amides is 1. The number of sulfonamides is 1. The monoisotopic (exact) mass is 405 g/mol. The second-order valence-corrected chi connectivity index (χ2v) is 7.65. The molecule has 0 aliphatic rings. The summed E-state index contributed by atoms with van der Waals surface area (Å²) in [6, 6.07) is 9.78. The van der Waals surface area contributed by atoms with Crippen LogP contribution in [0.25, 0.3) is 0 Å². The Hall–Kier alpha value is -2.91. The van der Waals surface area contributed by atoms with Crippen LogP contribution in [0.4, 0.5) is 5.69 Å². The first-order chi connectivity index (χ1) is 13.3. The van der Waals surface area contributed by atoms with Crippen molar-refractivity contribution in [1.29, 1.82) is 0 Å². The Bertz CT molecular complexity index is 984. The summed E-state index contributed by atoms with van der Waals surface area (Å²) in [6.07, 6.45) is 0. The van der Waals surface area contributed by atoms with Gasteiger partial charge in [0.15, 0.2) is 0 Å². The summed E-state index contributed by atoms with van der Waals surface area (Å²) in [5, 5.41) is 13.7. The number of rotatable bonds is 8. The summed E-state index contributed by atoms with van der Waals surface area (Å²) in [5.41, 5.74) is -0.0866. The van der Waals surface area contributed by atoms with Crippen molar-refractivity contribution in [1.82, 2.24) is 4.31 Å². The van der Waals surface area contributed by atoms with Gasteiger partial charge in [-0.3, -0.25) is 4.79 Å². The predicted molar refractivity (Wildman–Crippen MR) is 102 cm³/mol. The number of ether oxygens (including phenoxy) is 1. The van der Waals surface area contributed by atoms with E-state index in [4.69, 9.17) is 4.74 Å². The van der Waals surface area contributed by atoms with Gasteiger partial charge in [0.2, 0.25) is 10.0 Å². The molecule has 9 heteroatoms. The summed E-state index contributed by atoms with van der Waals surface area (Å²) < 4.78 is 32.2. The molecule has 0 bridgehead atoms. The fourth-order valence-electron chi connectivity index (χ4n) is 2.69. The lowest BCUT2D eigenvalue weighted by Gasteiger charge is -2.20. The Morgan fingerprint density at radius 3 is 2.32 bits per heavy atom. The minimum atomic E-state index is -3.87. The molecule has 150 valence electrons. The zero-order valence-electron chi connectivity index (χ0n) is 15.8. The number of hydrogen-bond acceptors (Lipinski definition) is 6. The van der Waals surface area contributed by atoms with Crippen LogP contribution >= 0.6 is 0 Å². The zero-order chi connectivity index (χ0) is 20.9. The third-order valence-electron chi connectivity index (χ3n) is 4.14. The van der Waals surface area contributed by atoms with Crippen LogP contribution in [-0.2, 0) is 10.0 Å². The number of carbonyl (C=O) groups excluding carboxylic acids is 2. The van der Waals surface area contributed by atoms with Gasteiger partial charge in [-0.05, 0) is 24.3 Å². The van der Waals surface area contributed by atoms with Crippen LogP contribution in [0.5, 0.6) is 5.75 Å². The maximum atomic E-state index is 12.9. The van der Waals surface area contributed by atoms with Crippen molar-refractivity contribution >= 4 is 27.6 Å². The van der Waals surface area contributed by atoms with E-state index in [0.29, 0.717) is 0 Å². The van der Waals surface area contributed by atoms with Crippen molar-refractivity contribution in [3.05, 3.63) is 53.6 Å². The van der Waals surface area contributed by atoms with Gasteiger partial charge in [-0.1, -0.05) is 32.0 Å². The van der Waals surface area contributed by atoms with Crippen molar-refractivity contribution in [2.45, 2.75) is 18.7 Å². The number of carboxylic acid groups (broad SMARTS) is 1. The highest BCUT2D eigenvalue weighted by molar-refractivity contribution is 7.89. The van der Waals surface area contributed by atoms with E-state index in [-0.39, 0.29) is 40.5 Å². The lowest BCUT2D eigenvalue weighted by atomic mass is 10.1. The number of benzene rings is 2. The van der Waals surface area contributed by atoms with Gasteiger partial charge in [0.1, 0.15) is 10.6 Å². The summed E-state index contributed by atoms with van der Waals surface area (Å²) in [4.78, 5) is 23.6. The van der Waals surface area contributed by atoms with Crippen LogP contribution in [0, 0.1) is 0 Å². The van der Waals surface area contributed by atoms with E-state index >= 15 is 0 Å². The van der Waals surface area contributed by atoms with Crippen molar-refractivity contribution in [2.24, 2.45) is 0 Å². The zero-order valence-corrected chi connectivity index (χ0v) is 16.6. The number of anilines is 1. The number of hydrogen-bond donors (Lipinski definition) is 1. The molecule has 28 heavy (non-hydrogen) atoms. The van der Waals surface area contributed by atoms with Gasteiger partial charge < -0.3 is 20.0 Å². The SMILES string of the molecule is CCN(CC)S(=O)(=O)c1cc(C(=O)Nc2ccccc2C(=O)[O-])ccc1OC. The van der Waals surface area contributed by atoms with E-state index in [0.717, 1.165) is 0 Å². The number of methoxy groups -OCH3 is 1. The molecule has 1 amide bonds. The molecular weight excluding hydrogens is 384 g/mol. The summed E-state index contributed by atoms with van der Waals surface area (Å²) >= 11 is 0. The second kappa shape index (κ2) is 8.85. The van der Waals surface area contributed by atoms with Crippen molar-refractivity contribution in [2.75, 3.05) is 25.5 Å². The molecule has 0 aliphatic carbocycles. The van der Waals surface area contributed by atoms with Gasteiger partial charge >= 0.3 is 0 Å². The highest BCUT2D eigenvalue weighted by atomic mass is 32.2. The van der Waals surface area contributed by atoms with Gasteiger partial charge in [-0.2, -0.15) is 4.31 Å². The smallest absolute Gasteiger partial charge is 0.255 e. The molecule has 1 N–H and O–H groups in total. The Kier molecular flexibility index (Phi) is 6.76. The largest absolute Gasteiger partial charge is 0.545 e. The topological polar surface area (TPSA) is 116 Å². The Morgan fingerprint density at radius 2 is 1.75 bits per heavy atom. The van der Waals surface area contributed by atoms with Crippen LogP contribution in [0.15, 0.2) is 47.4 Å². The minimum Gasteiger partial charge on any atom is -0.545 e. The Morgan fingerprint density at radius 1 is 1.11 bits per heavy atom. The van der Waals surface area contributed by atoms with Crippen LogP contribution in [0.1, 0.15) is 34.6 Å². The van der Waals surface area contributed by atoms with Crippen molar-refractivity contribution in [3.8, 4) is 5.75 Å². The van der Waals surface area contributed by atoms with E-state index < -0.39 is 21.9 Å². The quantitative estimate of drug-likeness (QED) is 0.709. The van der Waals surface area contributed by atoms with E-state index in [1.165, 1.54) is 47.8 Å². The van der Waals surface area contributed by atoms with Crippen LogP contribution < -0.4 is 15.2 Å². The molecule has 2 aromatic carbocycles. The molecule has 0 aromatic heterocycles. The molecule has 0 heterocycles. The third kappa shape index (κ3) is 4.32. The highest BCUT2D eigenvalue weighted by Crippen LogP contribution is 2.28. The first-order valence-corrected chi connectivity index (χ1v) is 10.00. The molecule has 0 saturated carbocycles. The summed E-state index contributed by atoms with van der Waals surface area (Å²) in [6.45, 7) is 3.94. The fraction of sp³-hybridized carbons (Fsp3) is 0.263. The molecule has 0 fully saturated rings. The average Bonchev–Trinajstić information content (AvgIpc) is 2.68. The maximum Gasteiger partial charge on any atom is 0.255 e. The van der Waals surface area contributed by atoms with Crippen molar-refractivity contribution in [3.63, 3.8) is 0 Å². The van der Waals surface area contributed by atoms with Gasteiger partial charge in [-0.25, -0.2) is 8.42 Å². The average molecular weight is 405 g/mol. The minimum absolute atomic E-state index is 0.0414. The first-order valence-electron chi connectivity index (χ1n) is 8.56. The van der Waals surface area contributed by atoms with E-state index in [2.05, 4.69) is 5.32 Å². The molecule has 2 rings (SSSR count). The molecular formula is C19H21N2O6S-. The molecule has 0 unspecified atom stereocenters. The second-order valence-electron chi connectivity index (χ2n) is 5.74. The maximum absolute atomic E-state index is 12.9. The van der Waals surface area contributed by atoms with Crippen LogP contribution in [0.2, 0.25) is 0 Å². The first kappa shape index (κ1) is 21.4. The number of aromatic carboxylic acids is 1. The van der Waals surface area contributed by atoms with E-state index in [1.807, 2.05) is 0 Å². The van der Waals surface area contributed by atoms with Gasteiger partial charge in [0, 0.05) is 24.2 Å². The third-order valence-corrected chi connectivity index (χ3v) is 6.22. The Labute approximate surface area is 163 Å². The molecule has 0 saturated heterocycles. The van der Waals surface area contributed by atoms with Gasteiger partial charge in [-0.15, -0.1) is 0 Å². The fourth-order valence-corrected chi connectivity index (χ4v) is 4.33. The van der Waals surface area contributed by atoms with Crippen LogP contribution in [0.3, 0.4) is 0 Å². The highest BCUT2D eigenvalue weighted by Gasteiger charge is 2.27. The molecule has 0 aliphatic heterocycles. The summed E-state index contributed by atoms with van der Waals surface area (Å²) in [5.74, 6) is -1.98. The normalized spacial score (nSPS) is 11.3. The number of carbonyl (C=O) groups is 2. The van der Waals surface area contributed by atoms with E-state index in [1.54, 1.807) is 19.9 Å². The van der Waals surface area contributed by atoms with Gasteiger partial charge in [0.25, 0.3) is 5.91 Å². The lowest BCUT2D eigenvalue weighted by Crippen LogP contribution is -2.31. The van der Waals surface area contributed by atoms with Crippen molar-refractivity contribution < 1.29 is 27.9 Å². The molecule has 0 spiro atoms. The number of para-hydroxylation sites is 1. The molecule has 8 nitrogen and oxygen atoms in total. The Balaban J connectivity index is 2.46. The molecule has 0 atom stereocenters. The summed E-state index contributed by atoms with van der Waals surface area (Å²) in [7, 11) is -2.53. The number of nitrogens with one attached hydrogen (secondary N) is 1. The standard InChI is InChI=1S/C19H22N2O6S/c1-4-21(5-2)28(25,26)17-12-13(10-11-16(17)27-3)18(22)20-15-9-7-6-8-14(15)19(23)24/h6-12H,4-5H2,1-3H3,(H,20,22)(H,23,24)/p-1. The van der Waals surface area contributed by atoms with Crippen LogP contribution in [-0.4, -0.2) is 44.8 Å². The van der Waals surface area contributed by atoms with Gasteiger partial charge in [0.05, 0.1) is 18.8 Å². The lowest BCUT2D eigenvalue weighted by molar-refractivity contribution is -0.254.